The molecule has 1 amide bonds. The zero-order chi connectivity index (χ0) is 13.1. The lowest BCUT2D eigenvalue weighted by Crippen LogP contribution is -2.13. The van der Waals surface area contributed by atoms with Crippen molar-refractivity contribution in [3.05, 3.63) is 56.9 Å². The van der Waals surface area contributed by atoms with Crippen LogP contribution >= 0.6 is 31.9 Å². The average Bonchev–Trinajstić information content (AvgIpc) is 2.32. The number of pyridine rings is 1. The third-order valence-corrected chi connectivity index (χ3v) is 3.32. The fourth-order valence-corrected chi connectivity index (χ4v) is 2.09. The van der Waals surface area contributed by atoms with E-state index in [-0.39, 0.29) is 5.56 Å². The van der Waals surface area contributed by atoms with E-state index in [0.717, 1.165) is 10.5 Å². The first-order chi connectivity index (χ1) is 8.56. The summed E-state index contributed by atoms with van der Waals surface area (Å²) in [7, 11) is 0. The molecule has 6 heteroatoms. The van der Waals surface area contributed by atoms with Gasteiger partial charge in [0.2, 0.25) is 0 Å². The summed E-state index contributed by atoms with van der Waals surface area (Å²) in [5.41, 5.74) is 0.219. The molecule has 2 rings (SSSR count). The molecule has 1 N–H and O–H groups in total. The van der Waals surface area contributed by atoms with Crippen molar-refractivity contribution in [1.82, 2.24) is 4.98 Å². The standard InChI is InChI=1S/C12H7Br2FN2O/c13-7-3-4-16-11(5-7)17-12(18)9-6-8(15)1-2-10(9)14/h1-6H,(H,16,17,18). The molecule has 0 saturated heterocycles. The molecule has 18 heavy (non-hydrogen) atoms. The van der Waals surface area contributed by atoms with E-state index in [1.165, 1.54) is 12.1 Å². The highest BCUT2D eigenvalue weighted by Crippen LogP contribution is 2.20. The molecule has 0 spiro atoms. The quantitative estimate of drug-likeness (QED) is 0.864. The van der Waals surface area contributed by atoms with Gasteiger partial charge >= 0.3 is 0 Å². The van der Waals surface area contributed by atoms with Gasteiger partial charge in [-0.1, -0.05) is 15.9 Å². The van der Waals surface area contributed by atoms with Crippen molar-refractivity contribution in [2.24, 2.45) is 0 Å². The van der Waals surface area contributed by atoms with E-state index in [9.17, 15) is 9.18 Å². The molecule has 0 radical (unpaired) electrons. The van der Waals surface area contributed by atoms with Crippen LogP contribution in [0.3, 0.4) is 0 Å². The molecule has 92 valence electrons. The summed E-state index contributed by atoms with van der Waals surface area (Å²) in [5.74, 6) is -0.497. The van der Waals surface area contributed by atoms with Crippen LogP contribution in [0.1, 0.15) is 10.4 Å². The first kappa shape index (κ1) is 13.2. The zero-order valence-electron chi connectivity index (χ0n) is 8.95. The fraction of sp³-hybridized carbons (Fsp3) is 0. The van der Waals surface area contributed by atoms with Gasteiger partial charge < -0.3 is 5.32 Å². The molecular weight excluding hydrogens is 367 g/mol. The molecule has 0 fully saturated rings. The Kier molecular flexibility index (Phi) is 4.08. The maximum Gasteiger partial charge on any atom is 0.258 e. The number of nitrogens with zero attached hydrogens (tertiary/aromatic N) is 1. The van der Waals surface area contributed by atoms with Gasteiger partial charge in [-0.05, 0) is 46.3 Å². The number of rotatable bonds is 2. The Hall–Kier alpha value is -1.27. The van der Waals surface area contributed by atoms with Crippen LogP contribution in [0.15, 0.2) is 45.5 Å². The summed E-state index contributed by atoms with van der Waals surface area (Å²) in [6.45, 7) is 0. The highest BCUT2D eigenvalue weighted by Gasteiger charge is 2.12. The lowest BCUT2D eigenvalue weighted by atomic mass is 10.2. The number of benzene rings is 1. The normalized spacial score (nSPS) is 10.2. The molecule has 0 saturated carbocycles. The van der Waals surface area contributed by atoms with E-state index < -0.39 is 11.7 Å². The van der Waals surface area contributed by atoms with E-state index in [2.05, 4.69) is 42.2 Å². The summed E-state index contributed by atoms with van der Waals surface area (Å²) in [6, 6.07) is 7.33. The van der Waals surface area contributed by atoms with Gasteiger partial charge in [-0.2, -0.15) is 0 Å². The highest BCUT2D eigenvalue weighted by atomic mass is 79.9. The number of nitrogens with one attached hydrogen (secondary N) is 1. The molecule has 3 nitrogen and oxygen atoms in total. The maximum atomic E-state index is 13.1. The molecule has 1 heterocycles. The number of anilines is 1. The van der Waals surface area contributed by atoms with Crippen molar-refractivity contribution in [2.75, 3.05) is 5.32 Å². The fourth-order valence-electron chi connectivity index (χ4n) is 1.33. The Morgan fingerprint density at radius 3 is 2.72 bits per heavy atom. The number of hydrogen-bond acceptors (Lipinski definition) is 2. The molecule has 0 aliphatic rings. The van der Waals surface area contributed by atoms with Gasteiger partial charge in [0.1, 0.15) is 11.6 Å². The predicted octanol–water partition coefficient (Wildman–Crippen LogP) is 4.00. The summed E-state index contributed by atoms with van der Waals surface area (Å²) in [4.78, 5) is 15.9. The van der Waals surface area contributed by atoms with Crippen LogP contribution in [0.4, 0.5) is 10.2 Å². The Labute approximate surface area is 120 Å². The number of aromatic nitrogens is 1. The third-order valence-electron chi connectivity index (χ3n) is 2.14. The van der Waals surface area contributed by atoms with Crippen molar-refractivity contribution in [2.45, 2.75) is 0 Å². The molecule has 2 aromatic rings. The summed E-state index contributed by atoms with van der Waals surface area (Å²) in [5, 5.41) is 2.59. The Balaban J connectivity index is 2.24. The highest BCUT2D eigenvalue weighted by molar-refractivity contribution is 9.10. The Morgan fingerprint density at radius 2 is 2.00 bits per heavy atom. The zero-order valence-corrected chi connectivity index (χ0v) is 12.1. The van der Waals surface area contributed by atoms with Crippen LogP contribution < -0.4 is 5.32 Å². The molecular formula is C12H7Br2FN2O. The number of hydrogen-bond donors (Lipinski definition) is 1. The van der Waals surface area contributed by atoms with Gasteiger partial charge in [0.05, 0.1) is 5.56 Å². The minimum atomic E-state index is -0.467. The monoisotopic (exact) mass is 372 g/mol. The first-order valence-electron chi connectivity index (χ1n) is 4.94. The van der Waals surface area contributed by atoms with Crippen molar-refractivity contribution in [1.29, 1.82) is 0 Å². The van der Waals surface area contributed by atoms with Gasteiger partial charge in [-0.25, -0.2) is 9.37 Å². The maximum absolute atomic E-state index is 13.1. The van der Waals surface area contributed by atoms with Gasteiger partial charge in [0.15, 0.2) is 0 Å². The van der Waals surface area contributed by atoms with E-state index in [1.807, 2.05) is 0 Å². The SMILES string of the molecule is O=C(Nc1cc(Br)ccn1)c1cc(F)ccc1Br. The number of carbonyl (C=O) groups is 1. The van der Waals surface area contributed by atoms with Crippen molar-refractivity contribution in [3.8, 4) is 0 Å². The largest absolute Gasteiger partial charge is 0.306 e. The van der Waals surface area contributed by atoms with Crippen molar-refractivity contribution in [3.63, 3.8) is 0 Å². The average molecular weight is 374 g/mol. The molecule has 0 aliphatic heterocycles. The van der Waals surface area contributed by atoms with Gasteiger partial charge in [0, 0.05) is 15.1 Å². The van der Waals surface area contributed by atoms with Crippen molar-refractivity contribution < 1.29 is 9.18 Å². The number of amides is 1. The second-order valence-electron chi connectivity index (χ2n) is 3.44. The van der Waals surface area contributed by atoms with Crippen LogP contribution in [0, 0.1) is 5.82 Å². The second kappa shape index (κ2) is 5.58. The van der Waals surface area contributed by atoms with E-state index in [1.54, 1.807) is 18.3 Å². The Bertz CT molecular complexity index is 604. The summed E-state index contributed by atoms with van der Waals surface area (Å²) >= 11 is 6.48. The van der Waals surface area contributed by atoms with Crippen LogP contribution in [-0.4, -0.2) is 10.9 Å². The Morgan fingerprint density at radius 1 is 1.22 bits per heavy atom. The van der Waals surface area contributed by atoms with E-state index in [4.69, 9.17) is 0 Å². The molecule has 1 aromatic carbocycles. The van der Waals surface area contributed by atoms with Crippen molar-refractivity contribution >= 4 is 43.6 Å². The van der Waals surface area contributed by atoms with Gasteiger partial charge in [0.25, 0.3) is 5.91 Å². The van der Waals surface area contributed by atoms with E-state index in [0.29, 0.717) is 10.3 Å². The minimum Gasteiger partial charge on any atom is -0.306 e. The van der Waals surface area contributed by atoms with Gasteiger partial charge in [-0.3, -0.25) is 4.79 Å². The lowest BCUT2D eigenvalue weighted by molar-refractivity contribution is 0.102. The predicted molar refractivity (Wildman–Crippen MR) is 74.0 cm³/mol. The summed E-state index contributed by atoms with van der Waals surface area (Å²) < 4.78 is 14.4. The molecule has 0 atom stereocenters. The van der Waals surface area contributed by atoms with Gasteiger partial charge in [-0.15, -0.1) is 0 Å². The molecule has 0 aliphatic carbocycles. The van der Waals surface area contributed by atoms with E-state index >= 15 is 0 Å². The second-order valence-corrected chi connectivity index (χ2v) is 5.21. The number of carbonyl (C=O) groups excluding carboxylic acids is 1. The lowest BCUT2D eigenvalue weighted by Gasteiger charge is -2.06. The molecule has 1 aromatic heterocycles. The number of halogens is 3. The van der Waals surface area contributed by atoms with Crippen LogP contribution in [-0.2, 0) is 0 Å². The smallest absolute Gasteiger partial charge is 0.258 e. The minimum absolute atomic E-state index is 0.219. The van der Waals surface area contributed by atoms with Crippen LogP contribution in [0.5, 0.6) is 0 Å². The molecule has 0 bridgehead atoms. The van der Waals surface area contributed by atoms with Crippen LogP contribution in [0.2, 0.25) is 0 Å². The third kappa shape index (κ3) is 3.14. The molecule has 0 unspecified atom stereocenters. The first-order valence-corrected chi connectivity index (χ1v) is 6.53. The van der Waals surface area contributed by atoms with Crippen LogP contribution in [0.25, 0.3) is 0 Å². The summed E-state index contributed by atoms with van der Waals surface area (Å²) in [6.07, 6.45) is 1.56. The topological polar surface area (TPSA) is 42.0 Å².